The van der Waals surface area contributed by atoms with E-state index in [0.717, 1.165) is 25.7 Å². The van der Waals surface area contributed by atoms with E-state index >= 15 is 0 Å². The SMILES string of the molecule is CCCC(CCC)Nc1c([N+](=O)[O-])cnn1C. The second-order valence-corrected chi connectivity index (χ2v) is 4.18. The molecule has 0 saturated heterocycles. The summed E-state index contributed by atoms with van der Waals surface area (Å²) in [4.78, 5) is 10.4. The van der Waals surface area contributed by atoms with Crippen LogP contribution >= 0.6 is 0 Å². The largest absolute Gasteiger partial charge is 0.362 e. The molecule has 1 rings (SSSR count). The summed E-state index contributed by atoms with van der Waals surface area (Å²) < 4.78 is 1.52. The Balaban J connectivity index is 2.83. The predicted molar refractivity (Wildman–Crippen MR) is 67.1 cm³/mol. The van der Waals surface area contributed by atoms with Gasteiger partial charge in [0.1, 0.15) is 6.20 Å². The maximum Gasteiger partial charge on any atom is 0.330 e. The van der Waals surface area contributed by atoms with Crippen molar-refractivity contribution >= 4 is 11.5 Å². The third kappa shape index (κ3) is 3.44. The molecule has 6 nitrogen and oxygen atoms in total. The third-order valence-electron chi connectivity index (χ3n) is 2.73. The Labute approximate surface area is 101 Å². The number of nitro groups is 1. The van der Waals surface area contributed by atoms with Gasteiger partial charge in [-0.1, -0.05) is 26.7 Å². The molecule has 17 heavy (non-hydrogen) atoms. The zero-order chi connectivity index (χ0) is 12.8. The summed E-state index contributed by atoms with van der Waals surface area (Å²) in [6.45, 7) is 4.23. The van der Waals surface area contributed by atoms with Crippen molar-refractivity contribution in [3.63, 3.8) is 0 Å². The molecule has 0 unspecified atom stereocenters. The lowest BCUT2D eigenvalue weighted by atomic mass is 10.1. The summed E-state index contributed by atoms with van der Waals surface area (Å²) in [7, 11) is 1.71. The van der Waals surface area contributed by atoms with E-state index in [1.54, 1.807) is 7.05 Å². The topological polar surface area (TPSA) is 73.0 Å². The monoisotopic (exact) mass is 240 g/mol. The molecule has 1 aromatic rings. The van der Waals surface area contributed by atoms with Crippen LogP contribution in [0.4, 0.5) is 11.5 Å². The van der Waals surface area contributed by atoms with E-state index in [9.17, 15) is 10.1 Å². The van der Waals surface area contributed by atoms with Crippen LogP contribution < -0.4 is 5.32 Å². The van der Waals surface area contributed by atoms with Crippen LogP contribution in [0.3, 0.4) is 0 Å². The van der Waals surface area contributed by atoms with Crippen LogP contribution in [0.2, 0.25) is 0 Å². The molecule has 0 aromatic carbocycles. The minimum atomic E-state index is -0.399. The number of nitrogens with zero attached hydrogens (tertiary/aromatic N) is 3. The Hall–Kier alpha value is -1.59. The molecular weight excluding hydrogens is 220 g/mol. The van der Waals surface area contributed by atoms with E-state index in [0.29, 0.717) is 5.82 Å². The fourth-order valence-corrected chi connectivity index (χ4v) is 1.91. The predicted octanol–water partition coefficient (Wildman–Crippen LogP) is 2.71. The Bertz CT molecular complexity index is 370. The highest BCUT2D eigenvalue weighted by atomic mass is 16.6. The fourth-order valence-electron chi connectivity index (χ4n) is 1.91. The number of aromatic nitrogens is 2. The molecule has 6 heteroatoms. The number of aryl methyl sites for hydroxylation is 1. The molecular formula is C11H20N4O2. The van der Waals surface area contributed by atoms with Crippen molar-refractivity contribution in [2.24, 2.45) is 7.05 Å². The summed E-state index contributed by atoms with van der Waals surface area (Å²) >= 11 is 0. The maximum atomic E-state index is 10.8. The highest BCUT2D eigenvalue weighted by Gasteiger charge is 2.21. The van der Waals surface area contributed by atoms with Crippen LogP contribution in [0.5, 0.6) is 0 Å². The van der Waals surface area contributed by atoms with E-state index in [1.165, 1.54) is 10.9 Å². The second-order valence-electron chi connectivity index (χ2n) is 4.18. The summed E-state index contributed by atoms with van der Waals surface area (Å²) in [6.07, 6.45) is 5.43. The molecule has 0 spiro atoms. The molecule has 0 aliphatic carbocycles. The first-order valence-electron chi connectivity index (χ1n) is 6.03. The first kappa shape index (κ1) is 13.5. The van der Waals surface area contributed by atoms with Crippen molar-refractivity contribution < 1.29 is 4.92 Å². The van der Waals surface area contributed by atoms with Gasteiger partial charge in [0.05, 0.1) is 4.92 Å². The molecule has 0 atom stereocenters. The lowest BCUT2D eigenvalue weighted by Gasteiger charge is -2.17. The normalized spacial score (nSPS) is 10.8. The van der Waals surface area contributed by atoms with Crippen LogP contribution in [-0.2, 0) is 7.05 Å². The zero-order valence-corrected chi connectivity index (χ0v) is 10.6. The molecule has 96 valence electrons. The molecule has 0 radical (unpaired) electrons. The van der Waals surface area contributed by atoms with E-state index in [4.69, 9.17) is 0 Å². The van der Waals surface area contributed by atoms with Gasteiger partial charge < -0.3 is 5.32 Å². The van der Waals surface area contributed by atoms with Gasteiger partial charge in [0, 0.05) is 13.1 Å². The average Bonchev–Trinajstić information content (AvgIpc) is 2.61. The van der Waals surface area contributed by atoms with Crippen LogP contribution in [-0.4, -0.2) is 20.7 Å². The summed E-state index contributed by atoms with van der Waals surface area (Å²) in [5, 5.41) is 18.0. The minimum Gasteiger partial charge on any atom is -0.362 e. The van der Waals surface area contributed by atoms with Crippen molar-refractivity contribution in [3.05, 3.63) is 16.3 Å². The van der Waals surface area contributed by atoms with Gasteiger partial charge in [0.2, 0.25) is 5.82 Å². The summed E-state index contributed by atoms with van der Waals surface area (Å²) in [5.74, 6) is 0.502. The van der Waals surface area contributed by atoms with Gasteiger partial charge in [-0.15, -0.1) is 0 Å². The molecule has 0 aliphatic heterocycles. The van der Waals surface area contributed by atoms with Gasteiger partial charge in [-0.25, -0.2) is 4.68 Å². The van der Waals surface area contributed by atoms with Gasteiger partial charge >= 0.3 is 5.69 Å². The summed E-state index contributed by atoms with van der Waals surface area (Å²) in [5.41, 5.74) is 0.0460. The van der Waals surface area contributed by atoms with Crippen molar-refractivity contribution in [1.82, 2.24) is 9.78 Å². The average molecular weight is 240 g/mol. The van der Waals surface area contributed by atoms with Crippen molar-refractivity contribution in [2.45, 2.75) is 45.6 Å². The van der Waals surface area contributed by atoms with Crippen molar-refractivity contribution in [2.75, 3.05) is 5.32 Å². The quantitative estimate of drug-likeness (QED) is 0.587. The Kier molecular flexibility index (Phi) is 4.93. The molecule has 0 bridgehead atoms. The molecule has 0 fully saturated rings. The smallest absolute Gasteiger partial charge is 0.330 e. The highest BCUT2D eigenvalue weighted by molar-refractivity contribution is 5.55. The van der Waals surface area contributed by atoms with Gasteiger partial charge in [-0.3, -0.25) is 10.1 Å². The number of nitrogens with one attached hydrogen (secondary N) is 1. The Morgan fingerprint density at radius 3 is 2.53 bits per heavy atom. The Morgan fingerprint density at radius 2 is 2.06 bits per heavy atom. The number of hydrogen-bond acceptors (Lipinski definition) is 4. The molecule has 1 heterocycles. The van der Waals surface area contributed by atoms with Crippen molar-refractivity contribution in [3.8, 4) is 0 Å². The highest BCUT2D eigenvalue weighted by Crippen LogP contribution is 2.24. The lowest BCUT2D eigenvalue weighted by Crippen LogP contribution is -2.21. The molecule has 0 aliphatic rings. The summed E-state index contributed by atoms with van der Waals surface area (Å²) in [6, 6.07) is 0.277. The second kappa shape index (κ2) is 6.22. The van der Waals surface area contributed by atoms with Gasteiger partial charge in [0.25, 0.3) is 0 Å². The first-order chi connectivity index (χ1) is 8.10. The fraction of sp³-hybridized carbons (Fsp3) is 0.727. The lowest BCUT2D eigenvalue weighted by molar-refractivity contribution is -0.384. The molecule has 1 N–H and O–H groups in total. The van der Waals surface area contributed by atoms with Crippen LogP contribution in [0.15, 0.2) is 6.20 Å². The van der Waals surface area contributed by atoms with Crippen molar-refractivity contribution in [1.29, 1.82) is 0 Å². The Morgan fingerprint density at radius 1 is 1.47 bits per heavy atom. The minimum absolute atomic E-state index is 0.0460. The molecule has 0 amide bonds. The van der Waals surface area contributed by atoms with E-state index in [-0.39, 0.29) is 11.7 Å². The van der Waals surface area contributed by atoms with E-state index in [1.807, 2.05) is 0 Å². The number of anilines is 1. The van der Waals surface area contributed by atoms with Gasteiger partial charge in [-0.05, 0) is 12.8 Å². The number of rotatable bonds is 7. The maximum absolute atomic E-state index is 10.8. The molecule has 1 aromatic heterocycles. The van der Waals surface area contributed by atoms with E-state index < -0.39 is 4.92 Å². The van der Waals surface area contributed by atoms with Crippen LogP contribution in [0.1, 0.15) is 39.5 Å². The zero-order valence-electron chi connectivity index (χ0n) is 10.6. The molecule has 0 saturated carbocycles. The van der Waals surface area contributed by atoms with Crippen LogP contribution in [0.25, 0.3) is 0 Å². The standard InChI is InChI=1S/C11H20N4O2/c1-4-6-9(7-5-2)13-11-10(15(16)17)8-12-14(11)3/h8-9,13H,4-7H2,1-3H3. The van der Waals surface area contributed by atoms with Crippen LogP contribution in [0, 0.1) is 10.1 Å². The van der Waals surface area contributed by atoms with Gasteiger partial charge in [0.15, 0.2) is 0 Å². The third-order valence-corrected chi connectivity index (χ3v) is 2.73. The van der Waals surface area contributed by atoms with Gasteiger partial charge in [-0.2, -0.15) is 5.10 Å². The number of hydrogen-bond donors (Lipinski definition) is 1. The van der Waals surface area contributed by atoms with E-state index in [2.05, 4.69) is 24.3 Å². The first-order valence-corrected chi connectivity index (χ1v) is 6.03.